The van der Waals surface area contributed by atoms with E-state index in [-0.39, 0.29) is 11.7 Å². The van der Waals surface area contributed by atoms with Crippen LogP contribution in [0.3, 0.4) is 0 Å². The largest absolute Gasteiger partial charge is 0.287 e. The van der Waals surface area contributed by atoms with Crippen LogP contribution in [0.5, 0.6) is 0 Å². The zero-order chi connectivity index (χ0) is 16.4. The number of thioether (sulfide) groups is 1. The van der Waals surface area contributed by atoms with E-state index in [1.54, 1.807) is 23.2 Å². The summed E-state index contributed by atoms with van der Waals surface area (Å²) in [7, 11) is 0. The Labute approximate surface area is 141 Å². The summed E-state index contributed by atoms with van der Waals surface area (Å²) in [5.74, 6) is -0.368. The molecule has 0 spiro atoms. The molecule has 2 aromatic rings. The summed E-state index contributed by atoms with van der Waals surface area (Å²) in [5.41, 5.74) is 1.65. The van der Waals surface area contributed by atoms with E-state index in [0.717, 1.165) is 11.1 Å². The predicted octanol–water partition coefficient (Wildman–Crippen LogP) is 4.30. The van der Waals surface area contributed by atoms with E-state index < -0.39 is 0 Å². The number of aromatic nitrogens is 1. The molecule has 0 saturated carbocycles. The third kappa shape index (κ3) is 3.20. The Kier molecular flexibility index (Phi) is 4.58. The molecule has 0 radical (unpaired) electrons. The number of carbonyl (C=O) groups is 1. The number of halogens is 1. The molecule has 1 fully saturated rings. The second kappa shape index (κ2) is 6.64. The first-order valence-corrected chi connectivity index (χ1v) is 8.74. The van der Waals surface area contributed by atoms with Crippen molar-refractivity contribution in [1.82, 2.24) is 9.88 Å². The lowest BCUT2D eigenvalue weighted by atomic mass is 10.1. The second-order valence-electron chi connectivity index (χ2n) is 4.82. The summed E-state index contributed by atoms with van der Waals surface area (Å²) in [4.78, 5) is 23.5. The van der Waals surface area contributed by atoms with Gasteiger partial charge in [0.05, 0.1) is 4.91 Å². The van der Waals surface area contributed by atoms with E-state index in [1.165, 1.54) is 35.2 Å². The summed E-state index contributed by atoms with van der Waals surface area (Å²) in [6, 6.07) is 6.15. The molecule has 0 unspecified atom stereocenters. The zero-order valence-electron chi connectivity index (χ0n) is 12.6. The Hall–Kier alpha value is -1.99. The lowest BCUT2D eigenvalue weighted by molar-refractivity contribution is -0.122. The smallest absolute Gasteiger partial charge is 0.267 e. The van der Waals surface area contributed by atoms with Crippen LogP contribution in [0.15, 0.2) is 45.7 Å². The van der Waals surface area contributed by atoms with Gasteiger partial charge < -0.3 is 0 Å². The third-order valence-corrected chi connectivity index (χ3v) is 5.25. The summed E-state index contributed by atoms with van der Waals surface area (Å²) < 4.78 is 13.1. The molecule has 0 bridgehead atoms. The van der Waals surface area contributed by atoms with E-state index in [4.69, 9.17) is 0 Å². The minimum absolute atomic E-state index is 0.0744. The SMILES string of the molecule is CCN1C(=O)/C(=C(\C)c2ccc(F)cc2)S/C1=N/c1nccs1. The molecule has 1 aromatic carbocycles. The highest BCUT2D eigenvalue weighted by atomic mass is 32.2. The Morgan fingerprint density at radius 2 is 2.09 bits per heavy atom. The topological polar surface area (TPSA) is 45.6 Å². The number of allylic oxidation sites excluding steroid dienone is 1. The standard InChI is InChI=1S/C16H14FN3OS2/c1-3-20-14(21)13(10(2)11-4-6-12(17)7-5-11)23-16(20)19-15-18-8-9-22-15/h4-9H,3H2,1-2H3/b13-10-,19-16+. The number of likely N-dealkylation sites (N-methyl/N-ethyl adjacent to an activating group) is 1. The van der Waals surface area contributed by atoms with Crippen LogP contribution < -0.4 is 0 Å². The molecule has 23 heavy (non-hydrogen) atoms. The lowest BCUT2D eigenvalue weighted by Gasteiger charge is -2.11. The molecular weight excluding hydrogens is 333 g/mol. The highest BCUT2D eigenvalue weighted by Crippen LogP contribution is 2.37. The maximum Gasteiger partial charge on any atom is 0.267 e. The fourth-order valence-corrected chi connectivity index (χ4v) is 3.85. The molecule has 1 aromatic heterocycles. The molecule has 1 aliphatic rings. The van der Waals surface area contributed by atoms with Gasteiger partial charge in [0.2, 0.25) is 5.13 Å². The number of aliphatic imine (C=N–C) groups is 1. The Morgan fingerprint density at radius 1 is 1.35 bits per heavy atom. The van der Waals surface area contributed by atoms with Crippen molar-refractivity contribution in [3.63, 3.8) is 0 Å². The Bertz CT molecular complexity index is 782. The summed E-state index contributed by atoms with van der Waals surface area (Å²) in [6.07, 6.45) is 1.68. The molecule has 0 N–H and O–H groups in total. The third-order valence-electron chi connectivity index (χ3n) is 3.41. The van der Waals surface area contributed by atoms with E-state index in [1.807, 2.05) is 19.2 Å². The molecule has 118 valence electrons. The highest BCUT2D eigenvalue weighted by Gasteiger charge is 2.34. The van der Waals surface area contributed by atoms with Crippen LogP contribution >= 0.6 is 23.1 Å². The van der Waals surface area contributed by atoms with Gasteiger partial charge in [-0.1, -0.05) is 12.1 Å². The molecule has 1 amide bonds. The van der Waals surface area contributed by atoms with Crippen molar-refractivity contribution in [1.29, 1.82) is 0 Å². The van der Waals surface area contributed by atoms with Gasteiger partial charge in [0.25, 0.3) is 5.91 Å². The first-order chi connectivity index (χ1) is 11.1. The number of carbonyl (C=O) groups excluding carboxylic acids is 1. The average Bonchev–Trinajstić information content (AvgIpc) is 3.16. The number of amides is 1. The van der Waals surface area contributed by atoms with Crippen LogP contribution in [0.4, 0.5) is 9.52 Å². The number of hydrogen-bond donors (Lipinski definition) is 0. The van der Waals surface area contributed by atoms with Gasteiger partial charge in [-0.2, -0.15) is 4.99 Å². The van der Waals surface area contributed by atoms with Gasteiger partial charge in [0, 0.05) is 18.1 Å². The van der Waals surface area contributed by atoms with Crippen molar-refractivity contribution in [2.45, 2.75) is 13.8 Å². The first-order valence-electron chi connectivity index (χ1n) is 7.05. The van der Waals surface area contributed by atoms with E-state index >= 15 is 0 Å². The molecule has 3 rings (SSSR count). The molecule has 2 heterocycles. The predicted molar refractivity (Wildman–Crippen MR) is 93.2 cm³/mol. The van der Waals surface area contributed by atoms with Crippen molar-refractivity contribution < 1.29 is 9.18 Å². The second-order valence-corrected chi connectivity index (χ2v) is 6.67. The van der Waals surface area contributed by atoms with Gasteiger partial charge in [-0.15, -0.1) is 11.3 Å². The van der Waals surface area contributed by atoms with Gasteiger partial charge in [0.1, 0.15) is 5.82 Å². The number of nitrogens with zero attached hydrogens (tertiary/aromatic N) is 3. The van der Waals surface area contributed by atoms with Gasteiger partial charge in [-0.05, 0) is 48.9 Å². The average molecular weight is 347 g/mol. The maximum atomic E-state index is 13.1. The van der Waals surface area contributed by atoms with E-state index in [2.05, 4.69) is 9.98 Å². The van der Waals surface area contributed by atoms with Crippen molar-refractivity contribution in [3.05, 3.63) is 52.1 Å². The Morgan fingerprint density at radius 3 is 2.70 bits per heavy atom. The van der Waals surface area contributed by atoms with Crippen molar-refractivity contribution in [3.8, 4) is 0 Å². The number of amidine groups is 1. The Balaban J connectivity index is 1.99. The lowest BCUT2D eigenvalue weighted by Crippen LogP contribution is -2.28. The van der Waals surface area contributed by atoms with Crippen molar-refractivity contribution >= 4 is 44.9 Å². The van der Waals surface area contributed by atoms with Crippen LogP contribution in [0.1, 0.15) is 19.4 Å². The molecule has 1 aliphatic heterocycles. The summed E-state index contributed by atoms with van der Waals surface area (Å²) in [6.45, 7) is 4.32. The van der Waals surface area contributed by atoms with Crippen LogP contribution in [0.25, 0.3) is 5.57 Å². The number of thiazole rings is 1. The van der Waals surface area contributed by atoms with E-state index in [0.29, 0.717) is 21.7 Å². The highest BCUT2D eigenvalue weighted by molar-refractivity contribution is 8.18. The van der Waals surface area contributed by atoms with Crippen LogP contribution in [0.2, 0.25) is 0 Å². The molecular formula is C16H14FN3OS2. The molecule has 0 aliphatic carbocycles. The van der Waals surface area contributed by atoms with E-state index in [9.17, 15) is 9.18 Å². The normalized spacial score (nSPS) is 18.8. The van der Waals surface area contributed by atoms with Crippen molar-refractivity contribution in [2.75, 3.05) is 6.54 Å². The van der Waals surface area contributed by atoms with Gasteiger partial charge in [-0.25, -0.2) is 9.37 Å². The fraction of sp³-hybridized carbons (Fsp3) is 0.188. The van der Waals surface area contributed by atoms with Gasteiger partial charge >= 0.3 is 0 Å². The first kappa shape index (κ1) is 15.9. The fourth-order valence-electron chi connectivity index (χ4n) is 2.18. The van der Waals surface area contributed by atoms with Crippen molar-refractivity contribution in [2.24, 2.45) is 4.99 Å². The molecule has 1 saturated heterocycles. The molecule has 0 atom stereocenters. The number of rotatable bonds is 3. The maximum absolute atomic E-state index is 13.1. The summed E-state index contributed by atoms with van der Waals surface area (Å²) >= 11 is 2.76. The van der Waals surface area contributed by atoms with Crippen LogP contribution in [-0.2, 0) is 4.79 Å². The zero-order valence-corrected chi connectivity index (χ0v) is 14.2. The molecule has 7 heteroatoms. The molecule has 4 nitrogen and oxygen atoms in total. The van der Waals surface area contributed by atoms with Crippen LogP contribution in [-0.4, -0.2) is 27.5 Å². The minimum atomic E-state index is -0.293. The quantitative estimate of drug-likeness (QED) is 0.778. The van der Waals surface area contributed by atoms with Crippen LogP contribution in [0, 0.1) is 5.82 Å². The van der Waals surface area contributed by atoms with Gasteiger partial charge in [-0.3, -0.25) is 9.69 Å². The minimum Gasteiger partial charge on any atom is -0.287 e. The number of benzene rings is 1. The summed E-state index contributed by atoms with van der Waals surface area (Å²) in [5, 5.41) is 3.10. The van der Waals surface area contributed by atoms with Gasteiger partial charge in [0.15, 0.2) is 5.17 Å². The number of hydrogen-bond acceptors (Lipinski definition) is 5. The monoisotopic (exact) mass is 347 g/mol.